The molecule has 0 aliphatic heterocycles. The first kappa shape index (κ1) is 29.0. The van der Waals surface area contributed by atoms with Gasteiger partial charge in [0.1, 0.15) is 18.3 Å². The maximum Gasteiger partial charge on any atom is 0.264 e. The molecule has 0 saturated carbocycles. The molecule has 1 unspecified atom stereocenters. The number of amides is 2. The number of methoxy groups -OCH3 is 1. The molecular formula is C28H32ClN3O5S. The summed E-state index contributed by atoms with van der Waals surface area (Å²) in [7, 11) is -2.81. The summed E-state index contributed by atoms with van der Waals surface area (Å²) < 4.78 is 34.1. The SMILES string of the molecule is CCCNC(=O)C(C)N(Cc1ccccc1)C(=O)CN(c1cc(Cl)ccc1OC)S(=O)(=O)c1ccccc1. The number of anilines is 1. The fourth-order valence-corrected chi connectivity index (χ4v) is 5.45. The van der Waals surface area contributed by atoms with Crippen molar-refractivity contribution >= 4 is 39.1 Å². The molecule has 0 aliphatic rings. The molecular weight excluding hydrogens is 526 g/mol. The lowest BCUT2D eigenvalue weighted by atomic mass is 10.1. The van der Waals surface area contributed by atoms with Gasteiger partial charge in [-0.15, -0.1) is 0 Å². The van der Waals surface area contributed by atoms with Crippen LogP contribution in [0.3, 0.4) is 0 Å². The van der Waals surface area contributed by atoms with E-state index in [4.69, 9.17) is 16.3 Å². The van der Waals surface area contributed by atoms with Crippen molar-refractivity contribution in [2.75, 3.05) is 24.5 Å². The topological polar surface area (TPSA) is 96.0 Å². The first-order valence-electron chi connectivity index (χ1n) is 12.2. The number of hydrogen-bond acceptors (Lipinski definition) is 5. The Morgan fingerprint density at radius 2 is 1.63 bits per heavy atom. The van der Waals surface area contributed by atoms with Gasteiger partial charge < -0.3 is 15.0 Å². The van der Waals surface area contributed by atoms with Gasteiger partial charge in [0, 0.05) is 18.1 Å². The molecule has 3 rings (SSSR count). The van der Waals surface area contributed by atoms with Crippen LogP contribution in [0.4, 0.5) is 5.69 Å². The zero-order chi connectivity index (χ0) is 27.7. The molecule has 10 heteroatoms. The van der Waals surface area contributed by atoms with Gasteiger partial charge in [0.05, 0.1) is 17.7 Å². The third-order valence-electron chi connectivity index (χ3n) is 5.93. The van der Waals surface area contributed by atoms with Gasteiger partial charge in [-0.05, 0) is 49.2 Å². The van der Waals surface area contributed by atoms with Crippen LogP contribution in [-0.4, -0.2) is 51.4 Å². The highest BCUT2D eigenvalue weighted by atomic mass is 35.5. The zero-order valence-corrected chi connectivity index (χ0v) is 23.2. The summed E-state index contributed by atoms with van der Waals surface area (Å²) in [5.41, 5.74) is 0.911. The van der Waals surface area contributed by atoms with Gasteiger partial charge in [-0.1, -0.05) is 67.1 Å². The third kappa shape index (κ3) is 7.05. The van der Waals surface area contributed by atoms with Gasteiger partial charge in [-0.25, -0.2) is 8.42 Å². The maximum absolute atomic E-state index is 13.9. The van der Waals surface area contributed by atoms with E-state index < -0.39 is 28.5 Å². The molecule has 0 spiro atoms. The van der Waals surface area contributed by atoms with Crippen molar-refractivity contribution in [1.82, 2.24) is 10.2 Å². The second kappa shape index (κ2) is 13.3. The van der Waals surface area contributed by atoms with E-state index in [1.165, 1.54) is 36.3 Å². The number of hydrogen-bond donors (Lipinski definition) is 1. The number of halogens is 1. The average molecular weight is 558 g/mol. The molecule has 3 aromatic carbocycles. The molecule has 3 aromatic rings. The number of nitrogens with zero attached hydrogens (tertiary/aromatic N) is 2. The van der Waals surface area contributed by atoms with Crippen LogP contribution in [0, 0.1) is 0 Å². The number of rotatable bonds is 12. The number of benzene rings is 3. The highest BCUT2D eigenvalue weighted by molar-refractivity contribution is 7.92. The number of ether oxygens (including phenoxy) is 1. The second-order valence-corrected chi connectivity index (χ2v) is 10.9. The first-order valence-corrected chi connectivity index (χ1v) is 14.0. The Morgan fingerprint density at radius 3 is 2.24 bits per heavy atom. The van der Waals surface area contributed by atoms with E-state index in [-0.39, 0.29) is 33.8 Å². The largest absolute Gasteiger partial charge is 0.495 e. The Balaban J connectivity index is 2.06. The third-order valence-corrected chi connectivity index (χ3v) is 7.94. The number of sulfonamides is 1. The van der Waals surface area contributed by atoms with Crippen LogP contribution < -0.4 is 14.4 Å². The van der Waals surface area contributed by atoms with E-state index in [0.717, 1.165) is 16.3 Å². The van der Waals surface area contributed by atoms with Crippen LogP contribution in [-0.2, 0) is 26.2 Å². The molecule has 1 N–H and O–H groups in total. The van der Waals surface area contributed by atoms with E-state index in [9.17, 15) is 18.0 Å². The highest BCUT2D eigenvalue weighted by Gasteiger charge is 2.33. The Labute approximate surface area is 229 Å². The molecule has 2 amide bonds. The van der Waals surface area contributed by atoms with Crippen LogP contribution in [0.25, 0.3) is 0 Å². The van der Waals surface area contributed by atoms with Crippen molar-refractivity contribution < 1.29 is 22.7 Å². The summed E-state index contributed by atoms with van der Waals surface area (Å²) in [4.78, 5) is 28.1. The second-order valence-electron chi connectivity index (χ2n) is 8.62. The first-order chi connectivity index (χ1) is 18.2. The molecule has 0 radical (unpaired) electrons. The van der Waals surface area contributed by atoms with Gasteiger partial charge in [-0.3, -0.25) is 13.9 Å². The Hall–Kier alpha value is -3.56. The van der Waals surface area contributed by atoms with E-state index in [1.54, 1.807) is 31.2 Å². The van der Waals surface area contributed by atoms with E-state index in [1.807, 2.05) is 37.3 Å². The molecule has 0 aromatic heterocycles. The lowest BCUT2D eigenvalue weighted by Crippen LogP contribution is -2.51. The van der Waals surface area contributed by atoms with Gasteiger partial charge in [-0.2, -0.15) is 0 Å². The van der Waals surface area contributed by atoms with Crippen LogP contribution in [0.5, 0.6) is 5.75 Å². The van der Waals surface area contributed by atoms with Crippen molar-refractivity contribution in [3.05, 3.63) is 89.4 Å². The number of nitrogens with one attached hydrogen (secondary N) is 1. The van der Waals surface area contributed by atoms with E-state index in [0.29, 0.717) is 6.54 Å². The van der Waals surface area contributed by atoms with Crippen LogP contribution in [0.2, 0.25) is 5.02 Å². The van der Waals surface area contributed by atoms with Gasteiger partial charge in [0.15, 0.2) is 0 Å². The predicted molar refractivity (Wildman–Crippen MR) is 149 cm³/mol. The zero-order valence-electron chi connectivity index (χ0n) is 21.6. The number of carbonyl (C=O) groups excluding carboxylic acids is 2. The minimum atomic E-state index is -4.22. The Kier molecular flexibility index (Phi) is 10.2. The molecule has 0 saturated heterocycles. The predicted octanol–water partition coefficient (Wildman–Crippen LogP) is 4.49. The monoisotopic (exact) mass is 557 g/mol. The van der Waals surface area contributed by atoms with Crippen LogP contribution in [0.15, 0.2) is 83.8 Å². The van der Waals surface area contributed by atoms with Crippen molar-refractivity contribution in [2.45, 2.75) is 37.8 Å². The quantitative estimate of drug-likeness (QED) is 0.354. The van der Waals surface area contributed by atoms with Crippen LogP contribution >= 0.6 is 11.6 Å². The standard InChI is InChI=1S/C28H32ClN3O5S/c1-4-17-30-28(34)21(2)31(19-22-11-7-5-8-12-22)27(33)20-32(25-18-23(29)15-16-26(25)37-3)38(35,36)24-13-9-6-10-14-24/h5-16,18,21H,4,17,19-20H2,1-3H3,(H,30,34). The van der Waals surface area contributed by atoms with Gasteiger partial charge >= 0.3 is 0 Å². The van der Waals surface area contributed by atoms with E-state index >= 15 is 0 Å². The summed E-state index contributed by atoms with van der Waals surface area (Å²) in [5.74, 6) is -0.659. The molecule has 0 fully saturated rings. The van der Waals surface area contributed by atoms with Crippen molar-refractivity contribution in [2.24, 2.45) is 0 Å². The van der Waals surface area contributed by atoms with Gasteiger partial charge in [0.25, 0.3) is 10.0 Å². The molecule has 8 nitrogen and oxygen atoms in total. The van der Waals surface area contributed by atoms with Crippen molar-refractivity contribution in [3.8, 4) is 5.75 Å². The fourth-order valence-electron chi connectivity index (χ4n) is 3.85. The van der Waals surface area contributed by atoms with E-state index in [2.05, 4.69) is 5.32 Å². The minimum absolute atomic E-state index is 0.00169. The number of carbonyl (C=O) groups is 2. The molecule has 202 valence electrons. The normalized spacial score (nSPS) is 11.9. The summed E-state index contributed by atoms with van der Waals surface area (Å²) in [6.07, 6.45) is 0.739. The molecule has 38 heavy (non-hydrogen) atoms. The maximum atomic E-state index is 13.9. The summed E-state index contributed by atoms with van der Waals surface area (Å²) in [6, 6.07) is 20.7. The van der Waals surface area contributed by atoms with Crippen LogP contribution in [0.1, 0.15) is 25.8 Å². The summed E-state index contributed by atoms with van der Waals surface area (Å²) in [5, 5.41) is 3.09. The average Bonchev–Trinajstić information content (AvgIpc) is 2.93. The lowest BCUT2D eigenvalue weighted by molar-refractivity contribution is -0.139. The molecule has 0 aliphatic carbocycles. The molecule has 0 heterocycles. The minimum Gasteiger partial charge on any atom is -0.495 e. The molecule has 0 bridgehead atoms. The van der Waals surface area contributed by atoms with Gasteiger partial charge in [0.2, 0.25) is 11.8 Å². The lowest BCUT2D eigenvalue weighted by Gasteiger charge is -2.32. The molecule has 1 atom stereocenters. The Bertz CT molecular complexity index is 1340. The highest BCUT2D eigenvalue weighted by Crippen LogP contribution is 2.35. The fraction of sp³-hybridized carbons (Fsp3) is 0.286. The Morgan fingerprint density at radius 1 is 1.00 bits per heavy atom. The van der Waals surface area contributed by atoms with Crippen molar-refractivity contribution in [1.29, 1.82) is 0 Å². The summed E-state index contributed by atoms with van der Waals surface area (Å²) >= 11 is 6.24. The van der Waals surface area contributed by atoms with Crippen molar-refractivity contribution in [3.63, 3.8) is 0 Å². The summed E-state index contributed by atoms with van der Waals surface area (Å²) in [6.45, 7) is 3.56. The smallest absolute Gasteiger partial charge is 0.264 e.